The van der Waals surface area contributed by atoms with E-state index in [2.05, 4.69) is 6.07 Å². The Labute approximate surface area is 125 Å². The van der Waals surface area contributed by atoms with E-state index in [4.69, 9.17) is 0 Å². The van der Waals surface area contributed by atoms with Gasteiger partial charge < -0.3 is 14.6 Å². The van der Waals surface area contributed by atoms with Gasteiger partial charge in [-0.1, -0.05) is 18.2 Å². The highest BCUT2D eigenvalue weighted by Crippen LogP contribution is 2.21. The summed E-state index contributed by atoms with van der Waals surface area (Å²) in [6.45, 7) is 3.75. The van der Waals surface area contributed by atoms with Gasteiger partial charge in [-0.25, -0.2) is 0 Å². The van der Waals surface area contributed by atoms with Gasteiger partial charge in [0.2, 0.25) is 5.91 Å². The number of benzene rings is 1. The molecular formula is C17H22N2O2. The first-order valence-electron chi connectivity index (χ1n) is 7.65. The number of amides is 1. The van der Waals surface area contributed by atoms with Crippen LogP contribution in [0.4, 0.5) is 0 Å². The Hall–Kier alpha value is -1.81. The number of aliphatic hydroxyl groups is 1. The third kappa shape index (κ3) is 2.95. The van der Waals surface area contributed by atoms with Crippen LogP contribution in [0.5, 0.6) is 0 Å². The molecule has 0 spiro atoms. The molecule has 2 aromatic rings. The van der Waals surface area contributed by atoms with E-state index in [0.717, 1.165) is 36.8 Å². The summed E-state index contributed by atoms with van der Waals surface area (Å²) in [5, 5.41) is 10.8. The minimum atomic E-state index is -0.268. The molecule has 21 heavy (non-hydrogen) atoms. The van der Waals surface area contributed by atoms with Crippen LogP contribution in [0.25, 0.3) is 10.9 Å². The second kappa shape index (κ2) is 5.90. The van der Waals surface area contributed by atoms with Crippen LogP contribution in [0.15, 0.2) is 36.5 Å². The quantitative estimate of drug-likeness (QED) is 0.940. The second-order valence-corrected chi connectivity index (χ2v) is 5.96. The predicted molar refractivity (Wildman–Crippen MR) is 82.9 cm³/mol. The molecule has 1 aliphatic rings. The summed E-state index contributed by atoms with van der Waals surface area (Å²) in [6, 6.07) is 10.2. The van der Waals surface area contributed by atoms with E-state index in [1.807, 2.05) is 46.9 Å². The molecular weight excluding hydrogens is 264 g/mol. The molecule has 0 aliphatic carbocycles. The number of hydrogen-bond donors (Lipinski definition) is 1. The number of carbonyl (C=O) groups excluding carboxylic acids is 1. The van der Waals surface area contributed by atoms with Crippen LogP contribution in [0.3, 0.4) is 0 Å². The summed E-state index contributed by atoms with van der Waals surface area (Å²) in [5.41, 5.74) is 1.10. The average Bonchev–Trinajstić information content (AvgIpc) is 2.91. The first kappa shape index (κ1) is 14.1. The molecule has 3 rings (SSSR count). The van der Waals surface area contributed by atoms with Gasteiger partial charge in [-0.3, -0.25) is 4.79 Å². The summed E-state index contributed by atoms with van der Waals surface area (Å²) >= 11 is 0. The lowest BCUT2D eigenvalue weighted by molar-refractivity contribution is -0.133. The fourth-order valence-electron chi connectivity index (χ4n) is 3.16. The SMILES string of the molecule is CC(O)C1CCN(C(=O)Cn2ccc3ccccc32)CC1. The Bertz CT molecular complexity index is 625. The fraction of sp³-hybridized carbons (Fsp3) is 0.471. The summed E-state index contributed by atoms with van der Waals surface area (Å²) in [5.74, 6) is 0.502. The Morgan fingerprint density at radius 1 is 1.29 bits per heavy atom. The van der Waals surface area contributed by atoms with E-state index in [1.54, 1.807) is 0 Å². The lowest BCUT2D eigenvalue weighted by atomic mass is 9.92. The molecule has 1 fully saturated rings. The summed E-state index contributed by atoms with van der Waals surface area (Å²) in [6.07, 6.45) is 3.51. The van der Waals surface area contributed by atoms with Gasteiger partial charge >= 0.3 is 0 Å². The predicted octanol–water partition coefficient (Wildman–Crippen LogP) is 2.26. The standard InChI is InChI=1S/C17H22N2O2/c1-13(20)14-6-9-18(10-7-14)17(21)12-19-11-8-15-4-2-3-5-16(15)19/h2-5,8,11,13-14,20H,6-7,9-10,12H2,1H3. The summed E-state index contributed by atoms with van der Waals surface area (Å²) < 4.78 is 2.01. The van der Waals surface area contributed by atoms with Crippen molar-refractivity contribution in [2.45, 2.75) is 32.4 Å². The summed E-state index contributed by atoms with van der Waals surface area (Å²) in [4.78, 5) is 14.4. The minimum Gasteiger partial charge on any atom is -0.393 e. The van der Waals surface area contributed by atoms with E-state index >= 15 is 0 Å². The van der Waals surface area contributed by atoms with E-state index in [0.29, 0.717) is 12.5 Å². The van der Waals surface area contributed by atoms with E-state index in [1.165, 1.54) is 0 Å². The number of likely N-dealkylation sites (tertiary alicyclic amines) is 1. The molecule has 4 heteroatoms. The van der Waals surface area contributed by atoms with Gasteiger partial charge in [0.05, 0.1) is 6.10 Å². The first-order chi connectivity index (χ1) is 10.1. The van der Waals surface area contributed by atoms with Gasteiger partial charge in [0.1, 0.15) is 6.54 Å². The van der Waals surface area contributed by atoms with E-state index in [9.17, 15) is 9.90 Å². The van der Waals surface area contributed by atoms with Crippen LogP contribution in [-0.2, 0) is 11.3 Å². The van der Waals surface area contributed by atoms with Gasteiger partial charge in [0.15, 0.2) is 0 Å². The number of piperidine rings is 1. The number of rotatable bonds is 3. The van der Waals surface area contributed by atoms with Gasteiger partial charge in [0, 0.05) is 24.8 Å². The lowest BCUT2D eigenvalue weighted by Crippen LogP contribution is -2.42. The minimum absolute atomic E-state index is 0.167. The van der Waals surface area contributed by atoms with Crippen molar-refractivity contribution in [3.8, 4) is 0 Å². The maximum Gasteiger partial charge on any atom is 0.242 e. The molecule has 0 saturated carbocycles. The monoisotopic (exact) mass is 286 g/mol. The Kier molecular flexibility index (Phi) is 3.97. The lowest BCUT2D eigenvalue weighted by Gasteiger charge is -2.33. The fourth-order valence-corrected chi connectivity index (χ4v) is 3.16. The van der Waals surface area contributed by atoms with E-state index in [-0.39, 0.29) is 12.0 Å². The topological polar surface area (TPSA) is 45.5 Å². The van der Waals surface area contributed by atoms with Crippen molar-refractivity contribution < 1.29 is 9.90 Å². The van der Waals surface area contributed by atoms with E-state index < -0.39 is 0 Å². The number of hydrogen-bond acceptors (Lipinski definition) is 2. The zero-order valence-corrected chi connectivity index (χ0v) is 12.4. The molecule has 112 valence electrons. The normalized spacial score (nSPS) is 18.1. The van der Waals surface area contributed by atoms with Gasteiger partial charge in [0.25, 0.3) is 0 Å². The Balaban J connectivity index is 1.65. The number of carbonyl (C=O) groups is 1. The van der Waals surface area contributed by atoms with Crippen LogP contribution in [-0.4, -0.2) is 39.7 Å². The molecule has 1 aromatic heterocycles. The van der Waals surface area contributed by atoms with Gasteiger partial charge in [-0.2, -0.15) is 0 Å². The largest absolute Gasteiger partial charge is 0.393 e. The maximum atomic E-state index is 12.4. The summed E-state index contributed by atoms with van der Waals surface area (Å²) in [7, 11) is 0. The third-order valence-electron chi connectivity index (χ3n) is 4.56. The molecule has 2 heterocycles. The highest BCUT2D eigenvalue weighted by molar-refractivity contribution is 5.83. The Morgan fingerprint density at radius 2 is 2.00 bits per heavy atom. The van der Waals surface area contributed by atoms with Crippen molar-refractivity contribution in [2.75, 3.05) is 13.1 Å². The van der Waals surface area contributed by atoms with Gasteiger partial charge in [-0.15, -0.1) is 0 Å². The van der Waals surface area contributed by atoms with Crippen molar-refractivity contribution in [3.63, 3.8) is 0 Å². The number of aliphatic hydroxyl groups excluding tert-OH is 1. The third-order valence-corrected chi connectivity index (χ3v) is 4.56. The van der Waals surface area contributed by atoms with Crippen molar-refractivity contribution in [1.29, 1.82) is 0 Å². The molecule has 1 aromatic carbocycles. The molecule has 0 radical (unpaired) electrons. The Morgan fingerprint density at radius 3 is 2.71 bits per heavy atom. The highest BCUT2D eigenvalue weighted by Gasteiger charge is 2.25. The van der Waals surface area contributed by atoms with Crippen LogP contribution < -0.4 is 0 Å². The van der Waals surface area contributed by atoms with Crippen molar-refractivity contribution >= 4 is 16.8 Å². The number of para-hydroxylation sites is 1. The molecule has 1 aliphatic heterocycles. The smallest absolute Gasteiger partial charge is 0.242 e. The zero-order valence-electron chi connectivity index (χ0n) is 12.4. The molecule has 1 N–H and O–H groups in total. The zero-order chi connectivity index (χ0) is 14.8. The number of fused-ring (bicyclic) bond motifs is 1. The maximum absolute atomic E-state index is 12.4. The van der Waals surface area contributed by atoms with Crippen molar-refractivity contribution in [3.05, 3.63) is 36.5 Å². The second-order valence-electron chi connectivity index (χ2n) is 5.96. The van der Waals surface area contributed by atoms with Gasteiger partial charge in [-0.05, 0) is 43.2 Å². The molecule has 1 saturated heterocycles. The molecule has 4 nitrogen and oxygen atoms in total. The number of aromatic nitrogens is 1. The van der Waals surface area contributed by atoms with Crippen LogP contribution >= 0.6 is 0 Å². The number of nitrogens with zero attached hydrogens (tertiary/aromatic N) is 2. The molecule has 1 atom stereocenters. The highest BCUT2D eigenvalue weighted by atomic mass is 16.3. The first-order valence-corrected chi connectivity index (χ1v) is 7.65. The van der Waals surface area contributed by atoms with Crippen molar-refractivity contribution in [1.82, 2.24) is 9.47 Å². The molecule has 0 bridgehead atoms. The van der Waals surface area contributed by atoms with Crippen LogP contribution in [0, 0.1) is 5.92 Å². The van der Waals surface area contributed by atoms with Crippen molar-refractivity contribution in [2.24, 2.45) is 5.92 Å². The molecule has 1 unspecified atom stereocenters. The van der Waals surface area contributed by atoms with Crippen LogP contribution in [0.2, 0.25) is 0 Å². The van der Waals surface area contributed by atoms with Crippen LogP contribution in [0.1, 0.15) is 19.8 Å². The molecule has 1 amide bonds. The average molecular weight is 286 g/mol.